The third-order valence-corrected chi connectivity index (χ3v) is 5.26. The van der Waals surface area contributed by atoms with Crippen LogP contribution in [0.1, 0.15) is 24.0 Å². The van der Waals surface area contributed by atoms with Crippen LogP contribution in [0.5, 0.6) is 0 Å². The summed E-state index contributed by atoms with van der Waals surface area (Å²) in [5.74, 6) is -0.754. The lowest BCUT2D eigenvalue weighted by molar-refractivity contribution is -0.119. The molecule has 1 unspecified atom stereocenters. The molecule has 0 saturated heterocycles. The SMILES string of the molecule is CC(=O)NCc1ccc(C(CN)C(=O)Nc2cccc3c(-c4cn[nH]c4)c[nH]c23)cc1. The number of hydrogen-bond donors (Lipinski definition) is 5. The van der Waals surface area contributed by atoms with E-state index in [-0.39, 0.29) is 18.4 Å². The van der Waals surface area contributed by atoms with Crippen LogP contribution in [-0.2, 0) is 16.1 Å². The molecule has 2 aromatic heterocycles. The van der Waals surface area contributed by atoms with Gasteiger partial charge in [0.25, 0.3) is 0 Å². The van der Waals surface area contributed by atoms with E-state index in [2.05, 4.69) is 25.8 Å². The van der Waals surface area contributed by atoms with Gasteiger partial charge >= 0.3 is 0 Å². The Morgan fingerprint density at radius 2 is 1.94 bits per heavy atom. The Labute approximate surface area is 179 Å². The number of para-hydroxylation sites is 1. The molecule has 0 aliphatic rings. The highest BCUT2D eigenvalue weighted by molar-refractivity contribution is 6.07. The Hall–Kier alpha value is -3.91. The van der Waals surface area contributed by atoms with Crippen LogP contribution in [-0.4, -0.2) is 33.5 Å². The van der Waals surface area contributed by atoms with E-state index >= 15 is 0 Å². The van der Waals surface area contributed by atoms with E-state index in [0.29, 0.717) is 12.2 Å². The van der Waals surface area contributed by atoms with Gasteiger partial charge < -0.3 is 21.4 Å². The summed E-state index contributed by atoms with van der Waals surface area (Å²) in [6, 6.07) is 13.3. The van der Waals surface area contributed by atoms with Gasteiger partial charge in [-0.05, 0) is 17.2 Å². The molecular weight excluding hydrogens is 392 g/mol. The van der Waals surface area contributed by atoms with Gasteiger partial charge in [-0.15, -0.1) is 0 Å². The number of fused-ring (bicyclic) bond motifs is 1. The number of amides is 2. The van der Waals surface area contributed by atoms with Crippen molar-refractivity contribution in [2.45, 2.75) is 19.4 Å². The standard InChI is InChI=1S/C23H24N6O2/c1-14(30)25-10-15-5-7-16(8-6-15)19(9-24)23(31)29-21-4-2-3-18-20(13-26-22(18)21)17-11-27-28-12-17/h2-8,11-13,19,26H,9-10,24H2,1H3,(H,25,30)(H,27,28)(H,29,31). The number of rotatable bonds is 7. The van der Waals surface area contributed by atoms with Crippen LogP contribution in [0.3, 0.4) is 0 Å². The molecule has 2 heterocycles. The number of carbonyl (C=O) groups is 2. The molecule has 4 aromatic rings. The van der Waals surface area contributed by atoms with E-state index in [1.807, 2.05) is 54.9 Å². The van der Waals surface area contributed by atoms with E-state index in [4.69, 9.17) is 5.73 Å². The minimum atomic E-state index is -0.492. The Morgan fingerprint density at radius 3 is 2.61 bits per heavy atom. The predicted octanol–water partition coefficient (Wildman–Crippen LogP) is 2.88. The van der Waals surface area contributed by atoms with Gasteiger partial charge in [0.1, 0.15) is 0 Å². The second-order valence-corrected chi connectivity index (χ2v) is 7.35. The van der Waals surface area contributed by atoms with Gasteiger partial charge in [0.05, 0.1) is 23.3 Å². The summed E-state index contributed by atoms with van der Waals surface area (Å²) in [5.41, 5.74) is 11.2. The Morgan fingerprint density at radius 1 is 1.13 bits per heavy atom. The van der Waals surface area contributed by atoms with Crippen molar-refractivity contribution in [2.24, 2.45) is 5.73 Å². The molecule has 4 rings (SSSR count). The van der Waals surface area contributed by atoms with Crippen LogP contribution >= 0.6 is 0 Å². The minimum Gasteiger partial charge on any atom is -0.359 e. The highest BCUT2D eigenvalue weighted by atomic mass is 16.2. The van der Waals surface area contributed by atoms with Gasteiger partial charge in [0.2, 0.25) is 11.8 Å². The number of anilines is 1. The summed E-state index contributed by atoms with van der Waals surface area (Å²) in [6.07, 6.45) is 5.49. The summed E-state index contributed by atoms with van der Waals surface area (Å²) < 4.78 is 0. The molecule has 0 saturated carbocycles. The van der Waals surface area contributed by atoms with Crippen LogP contribution in [0.15, 0.2) is 61.1 Å². The Bertz CT molecular complexity index is 1190. The Kier molecular flexibility index (Phi) is 5.81. The summed E-state index contributed by atoms with van der Waals surface area (Å²) in [7, 11) is 0. The molecule has 0 aliphatic carbocycles. The van der Waals surface area contributed by atoms with Gasteiger partial charge in [-0.2, -0.15) is 5.10 Å². The van der Waals surface area contributed by atoms with Crippen LogP contribution in [0, 0.1) is 0 Å². The third-order valence-electron chi connectivity index (χ3n) is 5.26. The number of carbonyl (C=O) groups excluding carboxylic acids is 2. The van der Waals surface area contributed by atoms with Crippen molar-refractivity contribution in [1.29, 1.82) is 0 Å². The molecule has 0 radical (unpaired) electrons. The van der Waals surface area contributed by atoms with E-state index < -0.39 is 5.92 Å². The third kappa shape index (κ3) is 4.34. The molecule has 8 heteroatoms. The fourth-order valence-electron chi connectivity index (χ4n) is 3.60. The van der Waals surface area contributed by atoms with E-state index in [1.54, 1.807) is 6.20 Å². The molecule has 2 aromatic carbocycles. The first-order chi connectivity index (χ1) is 15.1. The van der Waals surface area contributed by atoms with Crippen molar-refractivity contribution < 1.29 is 9.59 Å². The van der Waals surface area contributed by atoms with Crippen molar-refractivity contribution in [3.8, 4) is 11.1 Å². The molecule has 0 bridgehead atoms. The fraction of sp³-hybridized carbons (Fsp3) is 0.174. The first-order valence-electron chi connectivity index (χ1n) is 10.00. The first kappa shape index (κ1) is 20.4. The molecule has 158 valence electrons. The van der Waals surface area contributed by atoms with Crippen LogP contribution in [0.25, 0.3) is 22.0 Å². The topological polar surface area (TPSA) is 129 Å². The molecule has 2 amide bonds. The van der Waals surface area contributed by atoms with Crippen molar-refractivity contribution in [2.75, 3.05) is 11.9 Å². The zero-order valence-electron chi connectivity index (χ0n) is 17.1. The lowest BCUT2D eigenvalue weighted by Gasteiger charge is -2.16. The van der Waals surface area contributed by atoms with Crippen molar-refractivity contribution in [3.63, 3.8) is 0 Å². The average Bonchev–Trinajstić information content (AvgIpc) is 3.44. The lowest BCUT2D eigenvalue weighted by atomic mass is 9.97. The molecule has 0 fully saturated rings. The van der Waals surface area contributed by atoms with Crippen LogP contribution in [0.2, 0.25) is 0 Å². The van der Waals surface area contributed by atoms with Gasteiger partial charge in [-0.3, -0.25) is 14.7 Å². The number of hydrogen-bond acceptors (Lipinski definition) is 4. The molecule has 8 nitrogen and oxygen atoms in total. The number of aromatic amines is 2. The number of nitrogens with two attached hydrogens (primary N) is 1. The van der Waals surface area contributed by atoms with Crippen molar-refractivity contribution in [3.05, 3.63) is 72.2 Å². The zero-order valence-corrected chi connectivity index (χ0v) is 17.1. The zero-order chi connectivity index (χ0) is 21.8. The second-order valence-electron chi connectivity index (χ2n) is 7.35. The predicted molar refractivity (Wildman–Crippen MR) is 120 cm³/mol. The first-order valence-corrected chi connectivity index (χ1v) is 10.00. The molecule has 31 heavy (non-hydrogen) atoms. The number of nitrogens with one attached hydrogen (secondary N) is 4. The highest BCUT2D eigenvalue weighted by Gasteiger charge is 2.20. The van der Waals surface area contributed by atoms with Crippen LogP contribution in [0.4, 0.5) is 5.69 Å². The number of H-pyrrole nitrogens is 2. The monoisotopic (exact) mass is 416 g/mol. The van der Waals surface area contributed by atoms with E-state index in [9.17, 15) is 9.59 Å². The largest absolute Gasteiger partial charge is 0.359 e. The molecule has 1 atom stereocenters. The summed E-state index contributed by atoms with van der Waals surface area (Å²) in [6.45, 7) is 2.10. The summed E-state index contributed by atoms with van der Waals surface area (Å²) in [4.78, 5) is 27.4. The van der Waals surface area contributed by atoms with Crippen molar-refractivity contribution in [1.82, 2.24) is 20.5 Å². The molecule has 0 spiro atoms. The lowest BCUT2D eigenvalue weighted by Crippen LogP contribution is -2.27. The van der Waals surface area contributed by atoms with Crippen molar-refractivity contribution >= 4 is 28.4 Å². The molecular formula is C23H24N6O2. The van der Waals surface area contributed by atoms with E-state index in [1.165, 1.54) is 6.92 Å². The molecule has 6 N–H and O–H groups in total. The van der Waals surface area contributed by atoms with Gasteiger partial charge in [0.15, 0.2) is 0 Å². The maximum Gasteiger partial charge on any atom is 0.233 e. The van der Waals surface area contributed by atoms with Crippen LogP contribution < -0.4 is 16.4 Å². The quantitative estimate of drug-likeness (QED) is 0.317. The Balaban J connectivity index is 1.54. The fourth-order valence-corrected chi connectivity index (χ4v) is 3.60. The van der Waals surface area contributed by atoms with Gasteiger partial charge in [-0.25, -0.2) is 0 Å². The number of benzene rings is 2. The maximum atomic E-state index is 13.0. The van der Waals surface area contributed by atoms with E-state index in [0.717, 1.165) is 33.2 Å². The maximum absolute atomic E-state index is 13.0. The molecule has 0 aliphatic heterocycles. The number of nitrogens with zero attached hydrogens (tertiary/aromatic N) is 1. The summed E-state index contributed by atoms with van der Waals surface area (Å²) in [5, 5.41) is 13.6. The highest BCUT2D eigenvalue weighted by Crippen LogP contribution is 2.32. The normalized spacial score (nSPS) is 11.9. The minimum absolute atomic E-state index is 0.0855. The summed E-state index contributed by atoms with van der Waals surface area (Å²) >= 11 is 0. The smallest absolute Gasteiger partial charge is 0.233 e. The average molecular weight is 416 g/mol. The second kappa shape index (κ2) is 8.85. The number of aromatic nitrogens is 3. The van der Waals surface area contributed by atoms with Gasteiger partial charge in [0, 0.05) is 48.9 Å². The van der Waals surface area contributed by atoms with Gasteiger partial charge in [-0.1, -0.05) is 36.4 Å².